The van der Waals surface area contributed by atoms with Gasteiger partial charge in [0.25, 0.3) is 0 Å². The molecule has 25 heavy (non-hydrogen) atoms. The molecule has 6 heteroatoms. The predicted molar refractivity (Wildman–Crippen MR) is 102 cm³/mol. The van der Waals surface area contributed by atoms with Gasteiger partial charge in [-0.05, 0) is 36.6 Å². The summed E-state index contributed by atoms with van der Waals surface area (Å²) < 4.78 is 33.1. The number of morpholine rings is 1. The first-order valence-corrected chi connectivity index (χ1v) is 10.2. The van der Waals surface area contributed by atoms with Gasteiger partial charge in [-0.1, -0.05) is 36.4 Å². The van der Waals surface area contributed by atoms with Crippen LogP contribution in [-0.2, 0) is 21.2 Å². The van der Waals surface area contributed by atoms with E-state index < -0.39 is 10.0 Å². The van der Waals surface area contributed by atoms with E-state index in [1.807, 2.05) is 55.5 Å². The number of nitrogens with zero attached hydrogens (tertiary/aromatic N) is 1. The summed E-state index contributed by atoms with van der Waals surface area (Å²) in [5.74, 6) is 0.0677. The normalized spacial score (nSPS) is 15.2. The minimum Gasteiger partial charge on any atom is -0.378 e. The Hall–Kier alpha value is -2.05. The summed E-state index contributed by atoms with van der Waals surface area (Å²) in [6.07, 6.45) is 0.498. The molecule has 0 aromatic heterocycles. The van der Waals surface area contributed by atoms with E-state index in [0.717, 1.165) is 29.9 Å². The lowest BCUT2D eigenvalue weighted by Crippen LogP contribution is -2.36. The number of hydrogen-bond donors (Lipinski definition) is 1. The van der Waals surface area contributed by atoms with E-state index in [9.17, 15) is 8.42 Å². The van der Waals surface area contributed by atoms with Crippen molar-refractivity contribution in [3.63, 3.8) is 0 Å². The van der Waals surface area contributed by atoms with Crippen molar-refractivity contribution in [3.8, 4) is 0 Å². The van der Waals surface area contributed by atoms with E-state index in [2.05, 4.69) is 9.62 Å². The van der Waals surface area contributed by atoms with Gasteiger partial charge in [-0.3, -0.25) is 4.72 Å². The zero-order valence-corrected chi connectivity index (χ0v) is 15.3. The zero-order chi connectivity index (χ0) is 17.7. The van der Waals surface area contributed by atoms with Gasteiger partial charge in [-0.2, -0.15) is 0 Å². The smallest absolute Gasteiger partial charge is 0.233 e. The summed E-state index contributed by atoms with van der Waals surface area (Å²) in [4.78, 5) is 2.21. The standard InChI is InChI=1S/C19H24N2O3S/c1-16-7-8-18(21-10-12-24-13-11-21)15-19(16)20-25(22,23)14-9-17-5-3-2-4-6-17/h2-8,15,20H,9-14H2,1H3. The summed E-state index contributed by atoms with van der Waals surface area (Å²) in [5, 5.41) is 0. The average molecular weight is 360 g/mol. The van der Waals surface area contributed by atoms with Crippen molar-refractivity contribution < 1.29 is 13.2 Å². The van der Waals surface area contributed by atoms with E-state index in [-0.39, 0.29) is 5.75 Å². The Bertz CT molecular complexity index is 801. The minimum absolute atomic E-state index is 0.0677. The maximum Gasteiger partial charge on any atom is 0.233 e. The van der Waals surface area contributed by atoms with Gasteiger partial charge in [-0.15, -0.1) is 0 Å². The van der Waals surface area contributed by atoms with Crippen molar-refractivity contribution in [2.45, 2.75) is 13.3 Å². The molecule has 0 spiro atoms. The molecule has 1 N–H and O–H groups in total. The SMILES string of the molecule is Cc1ccc(N2CCOCC2)cc1NS(=O)(=O)CCc1ccccc1. The number of benzene rings is 2. The lowest BCUT2D eigenvalue weighted by molar-refractivity contribution is 0.122. The summed E-state index contributed by atoms with van der Waals surface area (Å²) in [7, 11) is -3.40. The number of rotatable bonds is 6. The molecule has 1 heterocycles. The summed E-state index contributed by atoms with van der Waals surface area (Å²) in [6, 6.07) is 15.6. The Morgan fingerprint density at radius 3 is 2.52 bits per heavy atom. The van der Waals surface area contributed by atoms with Crippen LogP contribution in [0.3, 0.4) is 0 Å². The summed E-state index contributed by atoms with van der Waals surface area (Å²) in [6.45, 7) is 4.96. The van der Waals surface area contributed by atoms with E-state index in [4.69, 9.17) is 4.74 Å². The van der Waals surface area contributed by atoms with Crippen molar-refractivity contribution in [2.24, 2.45) is 0 Å². The third-order valence-electron chi connectivity index (χ3n) is 4.37. The third-order valence-corrected chi connectivity index (χ3v) is 5.64. The second kappa shape index (κ2) is 7.89. The molecule has 1 aliphatic heterocycles. The fourth-order valence-corrected chi connectivity index (χ4v) is 4.02. The molecule has 0 bridgehead atoms. The summed E-state index contributed by atoms with van der Waals surface area (Å²) >= 11 is 0. The van der Waals surface area contributed by atoms with Crippen LogP contribution >= 0.6 is 0 Å². The third kappa shape index (κ3) is 4.96. The topological polar surface area (TPSA) is 58.6 Å². The first-order chi connectivity index (χ1) is 12.0. The van der Waals surface area contributed by atoms with Crippen molar-refractivity contribution in [1.82, 2.24) is 0 Å². The van der Waals surface area contributed by atoms with Crippen LogP contribution in [0.5, 0.6) is 0 Å². The molecule has 1 saturated heterocycles. The van der Waals surface area contributed by atoms with Gasteiger partial charge in [0.15, 0.2) is 0 Å². The fourth-order valence-electron chi connectivity index (χ4n) is 2.85. The summed E-state index contributed by atoms with van der Waals surface area (Å²) in [5.41, 5.74) is 3.61. The van der Waals surface area contributed by atoms with Gasteiger partial charge < -0.3 is 9.64 Å². The van der Waals surface area contributed by atoms with Gasteiger partial charge in [0.05, 0.1) is 24.7 Å². The molecule has 1 aliphatic rings. The van der Waals surface area contributed by atoms with E-state index in [0.29, 0.717) is 25.3 Å². The first-order valence-electron chi connectivity index (χ1n) is 8.51. The molecule has 0 aliphatic carbocycles. The number of sulfonamides is 1. The van der Waals surface area contributed by atoms with E-state index in [1.165, 1.54) is 0 Å². The van der Waals surface area contributed by atoms with Crippen LogP contribution in [0.4, 0.5) is 11.4 Å². The highest BCUT2D eigenvalue weighted by molar-refractivity contribution is 7.92. The van der Waals surface area contributed by atoms with Crippen molar-refractivity contribution >= 4 is 21.4 Å². The van der Waals surface area contributed by atoms with Gasteiger partial charge in [0.2, 0.25) is 10.0 Å². The molecule has 5 nitrogen and oxygen atoms in total. The zero-order valence-electron chi connectivity index (χ0n) is 14.4. The second-order valence-corrected chi connectivity index (χ2v) is 8.10. The maximum absolute atomic E-state index is 12.5. The van der Waals surface area contributed by atoms with Crippen LogP contribution < -0.4 is 9.62 Å². The Balaban J connectivity index is 1.70. The van der Waals surface area contributed by atoms with Crippen LogP contribution in [0.15, 0.2) is 48.5 Å². The highest BCUT2D eigenvalue weighted by Crippen LogP contribution is 2.25. The maximum atomic E-state index is 12.5. The molecule has 2 aromatic carbocycles. The number of nitrogens with one attached hydrogen (secondary N) is 1. The lowest BCUT2D eigenvalue weighted by atomic mass is 10.1. The van der Waals surface area contributed by atoms with Gasteiger partial charge in [0, 0.05) is 18.8 Å². The van der Waals surface area contributed by atoms with Crippen LogP contribution in [0, 0.1) is 6.92 Å². The van der Waals surface area contributed by atoms with Crippen molar-refractivity contribution in [2.75, 3.05) is 41.7 Å². The Kier molecular flexibility index (Phi) is 5.60. The molecule has 134 valence electrons. The Morgan fingerprint density at radius 1 is 1.08 bits per heavy atom. The molecule has 0 atom stereocenters. The highest BCUT2D eigenvalue weighted by Gasteiger charge is 2.16. The predicted octanol–water partition coefficient (Wildman–Crippen LogP) is 2.82. The van der Waals surface area contributed by atoms with Crippen LogP contribution in [-0.4, -0.2) is 40.5 Å². The Labute approximate surface area is 149 Å². The van der Waals surface area contributed by atoms with Gasteiger partial charge >= 0.3 is 0 Å². The minimum atomic E-state index is -3.40. The van der Waals surface area contributed by atoms with Crippen LogP contribution in [0.1, 0.15) is 11.1 Å². The Morgan fingerprint density at radius 2 is 1.80 bits per heavy atom. The monoisotopic (exact) mass is 360 g/mol. The molecular formula is C19H24N2O3S. The van der Waals surface area contributed by atoms with Crippen molar-refractivity contribution in [1.29, 1.82) is 0 Å². The fraction of sp³-hybridized carbons (Fsp3) is 0.368. The second-order valence-electron chi connectivity index (χ2n) is 6.26. The van der Waals surface area contributed by atoms with Crippen LogP contribution in [0.25, 0.3) is 0 Å². The lowest BCUT2D eigenvalue weighted by Gasteiger charge is -2.29. The molecule has 0 radical (unpaired) electrons. The largest absolute Gasteiger partial charge is 0.378 e. The van der Waals surface area contributed by atoms with Gasteiger partial charge in [0.1, 0.15) is 0 Å². The number of aryl methyl sites for hydroxylation is 2. The highest BCUT2D eigenvalue weighted by atomic mass is 32.2. The number of anilines is 2. The quantitative estimate of drug-likeness (QED) is 0.861. The van der Waals surface area contributed by atoms with Crippen molar-refractivity contribution in [3.05, 3.63) is 59.7 Å². The molecule has 0 unspecified atom stereocenters. The van der Waals surface area contributed by atoms with Crippen LogP contribution in [0.2, 0.25) is 0 Å². The number of ether oxygens (including phenoxy) is 1. The van der Waals surface area contributed by atoms with E-state index >= 15 is 0 Å². The van der Waals surface area contributed by atoms with Gasteiger partial charge in [-0.25, -0.2) is 8.42 Å². The number of hydrogen-bond acceptors (Lipinski definition) is 4. The molecule has 0 saturated carbocycles. The molecule has 0 amide bonds. The molecule has 3 rings (SSSR count). The molecular weight excluding hydrogens is 336 g/mol. The molecule has 2 aromatic rings. The molecule has 1 fully saturated rings. The van der Waals surface area contributed by atoms with E-state index in [1.54, 1.807) is 0 Å². The first kappa shape index (κ1) is 17.8. The average Bonchev–Trinajstić information content (AvgIpc) is 2.63.